The molecule has 37 heteroatoms. The summed E-state index contributed by atoms with van der Waals surface area (Å²) >= 11 is 4.69. The summed E-state index contributed by atoms with van der Waals surface area (Å²) in [7, 11) is 0. The molecule has 28 rings (SSSR count). The lowest BCUT2D eigenvalue weighted by Crippen LogP contribution is -2.66. The van der Waals surface area contributed by atoms with Crippen LogP contribution in [0, 0.1) is 17.5 Å². The van der Waals surface area contributed by atoms with Crippen molar-refractivity contribution in [3.05, 3.63) is 391 Å². The second-order valence-electron chi connectivity index (χ2n) is 36.4. The lowest BCUT2D eigenvalue weighted by molar-refractivity contribution is -0.132. The van der Waals surface area contributed by atoms with Crippen molar-refractivity contribution in [1.82, 2.24) is 43.5 Å². The number of aromatic hydroxyl groups is 3. The van der Waals surface area contributed by atoms with E-state index in [-0.39, 0.29) is 78.9 Å². The molecular weight excluding hydrogens is 1930 g/mol. The quantitative estimate of drug-likeness (QED) is 0.135. The third-order valence-electron chi connectivity index (χ3n) is 28.9. The molecule has 12 aliphatic rings. The van der Waals surface area contributed by atoms with Gasteiger partial charge in [0.15, 0.2) is 45.8 Å². The molecule has 8 atom stereocenters. The van der Waals surface area contributed by atoms with Crippen molar-refractivity contribution in [3.63, 3.8) is 0 Å². The van der Waals surface area contributed by atoms with Crippen LogP contribution in [-0.4, -0.2) is 192 Å². The van der Waals surface area contributed by atoms with Crippen molar-refractivity contribution < 1.29 is 80.7 Å². The zero-order valence-electron chi connectivity index (χ0n) is 77.1. The molecule has 3 N–H and O–H groups in total. The van der Waals surface area contributed by atoms with E-state index in [1.54, 1.807) is 109 Å². The Morgan fingerprint density at radius 3 is 1.09 bits per heavy atom. The van der Waals surface area contributed by atoms with E-state index in [2.05, 4.69) is 5.16 Å². The first-order chi connectivity index (χ1) is 71.2. The van der Waals surface area contributed by atoms with Crippen LogP contribution in [0.4, 0.5) is 13.2 Å². The normalized spacial score (nSPS) is 19.9. The minimum absolute atomic E-state index is 0.0480. The van der Waals surface area contributed by atoms with Crippen molar-refractivity contribution in [2.24, 2.45) is 0 Å². The highest BCUT2D eigenvalue weighted by molar-refractivity contribution is 7.15. The van der Waals surface area contributed by atoms with Crippen molar-refractivity contribution in [2.45, 2.75) is 55.8 Å². The molecule has 4 aliphatic carbocycles. The zero-order valence-corrected chi connectivity index (χ0v) is 79.6. The first kappa shape index (κ1) is 90.7. The summed E-state index contributed by atoms with van der Waals surface area (Å²) in [5.41, 5.74) is 14.3. The highest BCUT2D eigenvalue weighted by Crippen LogP contribution is 2.57. The van der Waals surface area contributed by atoms with Gasteiger partial charge in [0.1, 0.15) is 42.1 Å². The second-order valence-corrected chi connectivity index (χ2v) is 39.2. The molecule has 4 amide bonds. The number of aromatic nitrogens is 5. The molecule has 3 unspecified atom stereocenters. The molecule has 16 heterocycles. The largest absolute Gasteiger partial charge is 0.502 e. The van der Waals surface area contributed by atoms with Crippen LogP contribution in [0.3, 0.4) is 0 Å². The van der Waals surface area contributed by atoms with Crippen LogP contribution in [0.5, 0.6) is 23.0 Å². The molecule has 8 aromatic heterocycles. The van der Waals surface area contributed by atoms with E-state index in [1.807, 2.05) is 188 Å². The van der Waals surface area contributed by atoms with Crippen LogP contribution in [0.2, 0.25) is 0 Å². The van der Waals surface area contributed by atoms with Gasteiger partial charge in [-0.1, -0.05) is 157 Å². The maximum absolute atomic E-state index is 15.7. The molecule has 16 aromatic rings. The average molecular weight is 2020 g/mol. The summed E-state index contributed by atoms with van der Waals surface area (Å²) in [5.74, 6) is -4.82. The van der Waals surface area contributed by atoms with E-state index in [9.17, 15) is 62.9 Å². The molecule has 4 saturated heterocycles. The fraction of sp³-hybridized carbons (Fsp3) is 0.193. The van der Waals surface area contributed by atoms with E-state index in [0.29, 0.717) is 68.5 Å². The van der Waals surface area contributed by atoms with Gasteiger partial charge < -0.3 is 63.1 Å². The molecule has 0 radical (unpaired) electrons. The number of amides is 4. The van der Waals surface area contributed by atoms with Crippen molar-refractivity contribution in [2.75, 3.05) is 99.1 Å². The number of carbonyl (C=O) groups is 5. The van der Waals surface area contributed by atoms with Gasteiger partial charge in [0.05, 0.1) is 83.2 Å². The van der Waals surface area contributed by atoms with Crippen LogP contribution in [-0.2, 0) is 23.7 Å². The number of thiophene rings is 3. The predicted octanol–water partition coefficient (Wildman–Crippen LogP) is 14.8. The number of hydrogen-bond acceptors (Lipinski definition) is 26. The van der Waals surface area contributed by atoms with Gasteiger partial charge >= 0.3 is 5.97 Å². The Morgan fingerprint density at radius 1 is 0.349 bits per heavy atom. The topological polar surface area (TPSA) is 332 Å². The molecule has 8 aliphatic heterocycles. The lowest BCUT2D eigenvalue weighted by atomic mass is 9.92. The summed E-state index contributed by atoms with van der Waals surface area (Å²) < 4.78 is 86.6. The van der Waals surface area contributed by atoms with Gasteiger partial charge in [-0.2, -0.15) is 0 Å². The minimum atomic E-state index is -0.707. The summed E-state index contributed by atoms with van der Waals surface area (Å²) in [6, 6.07) is 63.6. The minimum Gasteiger partial charge on any atom is -0.502 e. The molecule has 31 nitrogen and oxygen atoms in total. The van der Waals surface area contributed by atoms with Crippen molar-refractivity contribution in [1.29, 1.82) is 0 Å². The van der Waals surface area contributed by atoms with Gasteiger partial charge in [0.25, 0.3) is 23.6 Å². The number of nitrogens with zero attached hydrogens (tertiary/aromatic N) is 13. The molecule has 0 bridgehead atoms. The Kier molecular flexibility index (Phi) is 22.2. The number of rotatable bonds is 5. The van der Waals surface area contributed by atoms with Gasteiger partial charge in [-0.15, -0.1) is 34.0 Å². The van der Waals surface area contributed by atoms with Crippen LogP contribution in [0.1, 0.15) is 118 Å². The third kappa shape index (κ3) is 14.2. The maximum Gasteiger partial charge on any atom is 0.308 e. The van der Waals surface area contributed by atoms with Crippen molar-refractivity contribution in [3.8, 4) is 110 Å². The number of pyridine rings is 4. The number of ether oxygens (including phenoxy) is 5. The van der Waals surface area contributed by atoms with Gasteiger partial charge in [-0.3, -0.25) is 81.9 Å². The van der Waals surface area contributed by atoms with Gasteiger partial charge in [0, 0.05) is 136 Å². The first-order valence-corrected chi connectivity index (χ1v) is 49.8. The zero-order chi connectivity index (χ0) is 99.6. The Morgan fingerprint density at radius 2 is 0.678 bits per heavy atom. The molecule has 4 fully saturated rings. The Hall–Kier alpha value is -16.6. The first-order valence-electron chi connectivity index (χ1n) is 47.2. The molecule has 8 aromatic carbocycles. The van der Waals surface area contributed by atoms with Gasteiger partial charge in [0.2, 0.25) is 27.5 Å². The SMILES string of the molecule is CC(=O)Oc1c2n(ccc1=O)N(C1c3ccccc3-c3sccc3-c3c(F)cccc31)[C@@H]1COCCN1C2=O.O=C1c2c(O)c(=O)ccn2N(C2c3ccccc3-c3cnoc3-c3ccccc32)C2COCCN12.O=C1c2c(O)c(=O)ccn2N([C@@H]2c3ccc(F)cc3-c3ccsc3-c3ccccc32)[C@H]2COCCN12.O=C1c2c(O)c(=O)ccn2N([C@H]2c3ccccc3-c3sccc3-c3c(F)cccc32)[C@H]2COCCN12. The van der Waals surface area contributed by atoms with Gasteiger partial charge in [-0.05, 0) is 131 Å². The fourth-order valence-corrected chi connectivity index (χ4v) is 25.7. The molecule has 0 saturated carbocycles. The number of carbonyl (C=O) groups excluding carboxylic acids is 5. The fourth-order valence-electron chi connectivity index (χ4n) is 22.8. The van der Waals surface area contributed by atoms with Crippen LogP contribution < -0.4 is 46.5 Å². The van der Waals surface area contributed by atoms with E-state index in [0.717, 1.165) is 109 Å². The number of esters is 1. The Bertz CT molecular complexity index is 8380. The molecule has 0 spiro atoms. The summed E-state index contributed by atoms with van der Waals surface area (Å²) in [5, 5.41) is 50.0. The van der Waals surface area contributed by atoms with E-state index in [1.165, 1.54) is 68.0 Å². The number of hydrogen-bond donors (Lipinski definition) is 3. The van der Waals surface area contributed by atoms with Gasteiger partial charge in [-0.25, -0.2) is 13.2 Å². The molecule has 146 heavy (non-hydrogen) atoms. The van der Waals surface area contributed by atoms with Crippen LogP contribution in [0.15, 0.2) is 289 Å². The summed E-state index contributed by atoms with van der Waals surface area (Å²) in [6.07, 6.45) is 5.74. The standard InChI is InChI=1S/C29H22FN3O5S.2C27H20FN3O4S.C26H20N4O5/c1-16(34)38-27-22(35)9-11-32-26(27)29(36)31-12-13-37-15-23(31)33(32)25-17-5-2-3-6-18(17)28-20(10-14-39-28)24-19(25)7-4-8-21(24)30;28-19-7-3-6-17-22(19)18-9-13-36-26(18)16-5-2-1-4-15(16)23(17)31-21-14-35-12-11-29(21)27(34)24-25(33)20(32)8-10-30(24)31;28-15-5-6-17-20(13-15)19-8-12-36-26(19)18-4-2-1-3-16(18)23(17)31-22-14-35-11-10-29(22)27(34)24-25(33)21(32)7-9-30(24)31;31-20-9-10-29-23(24(20)32)26(33)28-11-12-34-14-21(28)30(29)22-16-6-2-1-5-15(16)19-13-27-35-25(19)18-8-4-3-7-17(18)22/h2-11,14,23,25H,12-13,15H2,1H3;1-10,13,21,23,33H,11-12,14H2;1-9,12-13,22-23,33H,10-11,14H2;1-10,13,21-22,32H,11-12,14H2/t23-,25?;21-,23-;22-,23-;/m100./s1. The van der Waals surface area contributed by atoms with Crippen LogP contribution in [0.25, 0.3) is 87.2 Å². The average Bonchev–Trinajstić information content (AvgIpc) is 1.41. The number of halogens is 3. The Labute approximate surface area is 838 Å². The number of morpholine rings is 4. The van der Waals surface area contributed by atoms with E-state index < -0.39 is 117 Å². The van der Waals surface area contributed by atoms with E-state index >= 15 is 8.78 Å². The maximum atomic E-state index is 15.7. The summed E-state index contributed by atoms with van der Waals surface area (Å²) in [6.45, 7) is 4.79. The smallest absolute Gasteiger partial charge is 0.308 e. The summed E-state index contributed by atoms with van der Waals surface area (Å²) in [4.78, 5) is 126. The highest BCUT2D eigenvalue weighted by atomic mass is 32.1. The van der Waals surface area contributed by atoms with Crippen molar-refractivity contribution >= 4 is 63.6 Å². The van der Waals surface area contributed by atoms with Crippen LogP contribution >= 0.6 is 34.0 Å². The monoisotopic (exact) mass is 2010 g/mol. The second kappa shape index (κ2) is 35.8. The van der Waals surface area contributed by atoms with E-state index in [4.69, 9.17) is 28.2 Å². The lowest BCUT2D eigenvalue weighted by Gasteiger charge is -2.51. The molecule has 730 valence electrons. The molecular formula is C109H82F3N13O18S3. The number of benzene rings is 8. The Balaban J connectivity index is 0.000000102. The number of fused-ring (bicyclic) bond motifs is 28. The predicted molar refractivity (Wildman–Crippen MR) is 535 cm³/mol. The highest BCUT2D eigenvalue weighted by Gasteiger charge is 2.53. The third-order valence-corrected chi connectivity index (χ3v) is 31.8.